The molecule has 6 heteroatoms. The summed E-state index contributed by atoms with van der Waals surface area (Å²) < 4.78 is 11.2. The van der Waals surface area contributed by atoms with Gasteiger partial charge in [0.2, 0.25) is 17.5 Å². The molecule has 0 spiro atoms. The second-order valence-corrected chi connectivity index (χ2v) is 5.41. The summed E-state index contributed by atoms with van der Waals surface area (Å²) in [6, 6.07) is 9.56. The van der Waals surface area contributed by atoms with Crippen LogP contribution in [0.5, 0.6) is 5.75 Å². The molecule has 1 heterocycles. The Balaban J connectivity index is 2.10. The van der Waals surface area contributed by atoms with Crippen LogP contribution in [0.3, 0.4) is 0 Å². The van der Waals surface area contributed by atoms with Crippen LogP contribution in [0.4, 0.5) is 5.88 Å². The SMILES string of the molecule is CCCOc1ccc(-c2nc(C#N)c(NCCN(C)C)o2)cc1. The van der Waals surface area contributed by atoms with Gasteiger partial charge < -0.3 is 19.4 Å². The van der Waals surface area contributed by atoms with Crippen molar-refractivity contribution in [2.24, 2.45) is 0 Å². The Kier molecular flexibility index (Phi) is 6.01. The first-order chi connectivity index (χ1) is 11.1. The first-order valence-corrected chi connectivity index (χ1v) is 7.66. The third-order valence-corrected chi connectivity index (χ3v) is 3.15. The molecule has 1 N–H and O–H groups in total. The van der Waals surface area contributed by atoms with Crippen molar-refractivity contribution < 1.29 is 9.15 Å². The predicted molar refractivity (Wildman–Crippen MR) is 89.5 cm³/mol. The van der Waals surface area contributed by atoms with E-state index in [1.807, 2.05) is 43.3 Å². The molecule has 1 aromatic heterocycles. The molecular formula is C17H22N4O2. The molecule has 6 nitrogen and oxygen atoms in total. The lowest BCUT2D eigenvalue weighted by molar-refractivity contribution is 0.317. The number of nitrogens with zero attached hydrogens (tertiary/aromatic N) is 3. The topological polar surface area (TPSA) is 74.3 Å². The highest BCUT2D eigenvalue weighted by molar-refractivity contribution is 5.59. The van der Waals surface area contributed by atoms with E-state index in [-0.39, 0.29) is 5.69 Å². The van der Waals surface area contributed by atoms with Crippen molar-refractivity contribution in [2.45, 2.75) is 13.3 Å². The Bertz CT molecular complexity index is 656. The molecule has 0 saturated heterocycles. The number of likely N-dealkylation sites (N-methyl/N-ethyl adjacent to an activating group) is 1. The van der Waals surface area contributed by atoms with Gasteiger partial charge in [-0.1, -0.05) is 6.92 Å². The van der Waals surface area contributed by atoms with E-state index < -0.39 is 0 Å². The van der Waals surface area contributed by atoms with Crippen LogP contribution in [0.15, 0.2) is 28.7 Å². The van der Waals surface area contributed by atoms with Crippen molar-refractivity contribution in [3.8, 4) is 23.3 Å². The van der Waals surface area contributed by atoms with E-state index in [4.69, 9.17) is 9.15 Å². The van der Waals surface area contributed by atoms with Crippen LogP contribution in [0.1, 0.15) is 19.0 Å². The third-order valence-electron chi connectivity index (χ3n) is 3.15. The van der Waals surface area contributed by atoms with Crippen LogP contribution in [0.25, 0.3) is 11.5 Å². The zero-order valence-electron chi connectivity index (χ0n) is 13.8. The molecule has 0 fully saturated rings. The number of hydrogen-bond donors (Lipinski definition) is 1. The zero-order chi connectivity index (χ0) is 16.7. The van der Waals surface area contributed by atoms with Crippen molar-refractivity contribution in [1.82, 2.24) is 9.88 Å². The van der Waals surface area contributed by atoms with Crippen molar-refractivity contribution in [1.29, 1.82) is 5.26 Å². The average molecular weight is 314 g/mol. The highest BCUT2D eigenvalue weighted by Gasteiger charge is 2.14. The molecule has 0 saturated carbocycles. The molecule has 0 bridgehead atoms. The van der Waals surface area contributed by atoms with Gasteiger partial charge in [0.05, 0.1) is 6.61 Å². The normalized spacial score (nSPS) is 10.6. The van der Waals surface area contributed by atoms with Gasteiger partial charge in [0.15, 0.2) is 0 Å². The summed E-state index contributed by atoms with van der Waals surface area (Å²) in [5, 5.41) is 12.3. The van der Waals surface area contributed by atoms with E-state index >= 15 is 0 Å². The Hall–Kier alpha value is -2.52. The lowest BCUT2D eigenvalue weighted by Gasteiger charge is -2.09. The summed E-state index contributed by atoms with van der Waals surface area (Å²) in [4.78, 5) is 6.29. The number of aromatic nitrogens is 1. The number of rotatable bonds is 8. The molecule has 2 aromatic rings. The van der Waals surface area contributed by atoms with Gasteiger partial charge in [-0.15, -0.1) is 0 Å². The number of nitrogens with one attached hydrogen (secondary N) is 1. The van der Waals surface area contributed by atoms with Gasteiger partial charge in [-0.2, -0.15) is 10.2 Å². The van der Waals surface area contributed by atoms with E-state index in [0.29, 0.717) is 24.9 Å². The largest absolute Gasteiger partial charge is 0.494 e. The highest BCUT2D eigenvalue weighted by atomic mass is 16.5. The fraction of sp³-hybridized carbons (Fsp3) is 0.412. The van der Waals surface area contributed by atoms with Gasteiger partial charge in [0.1, 0.15) is 11.8 Å². The Morgan fingerprint density at radius 3 is 2.65 bits per heavy atom. The Labute approximate surface area is 136 Å². The molecule has 23 heavy (non-hydrogen) atoms. The van der Waals surface area contributed by atoms with Gasteiger partial charge in [0.25, 0.3) is 0 Å². The maximum atomic E-state index is 9.19. The van der Waals surface area contributed by atoms with E-state index in [2.05, 4.69) is 23.3 Å². The van der Waals surface area contributed by atoms with Gasteiger partial charge in [-0.25, -0.2) is 0 Å². The smallest absolute Gasteiger partial charge is 0.232 e. The second kappa shape index (κ2) is 8.20. The van der Waals surface area contributed by atoms with Crippen LogP contribution >= 0.6 is 0 Å². The number of ether oxygens (including phenoxy) is 1. The van der Waals surface area contributed by atoms with Gasteiger partial charge >= 0.3 is 0 Å². The summed E-state index contributed by atoms with van der Waals surface area (Å²) >= 11 is 0. The first kappa shape index (κ1) is 16.8. The predicted octanol–water partition coefficient (Wildman–Crippen LogP) is 2.98. The molecule has 0 amide bonds. The number of hydrogen-bond acceptors (Lipinski definition) is 6. The molecule has 0 aliphatic carbocycles. The summed E-state index contributed by atoms with van der Waals surface area (Å²) in [6.07, 6.45) is 0.967. The van der Waals surface area contributed by atoms with Gasteiger partial charge in [0, 0.05) is 18.7 Å². The molecular weight excluding hydrogens is 292 g/mol. The van der Waals surface area contributed by atoms with E-state index in [0.717, 1.165) is 24.3 Å². The molecule has 2 rings (SSSR count). The molecule has 0 atom stereocenters. The summed E-state index contributed by atoms with van der Waals surface area (Å²) in [5.41, 5.74) is 1.08. The minimum Gasteiger partial charge on any atom is -0.494 e. The number of anilines is 1. The first-order valence-electron chi connectivity index (χ1n) is 7.66. The molecule has 0 aliphatic heterocycles. The van der Waals surface area contributed by atoms with E-state index in [1.54, 1.807) is 0 Å². The van der Waals surface area contributed by atoms with E-state index in [9.17, 15) is 5.26 Å². The van der Waals surface area contributed by atoms with Gasteiger partial charge in [-0.05, 0) is 44.8 Å². The average Bonchev–Trinajstić information content (AvgIpc) is 2.96. The van der Waals surface area contributed by atoms with E-state index in [1.165, 1.54) is 0 Å². The minimum atomic E-state index is 0.269. The third kappa shape index (κ3) is 4.73. The fourth-order valence-electron chi connectivity index (χ4n) is 1.95. The molecule has 122 valence electrons. The molecule has 0 aliphatic rings. The summed E-state index contributed by atoms with van der Waals surface area (Å²) in [6.45, 7) is 4.27. The Morgan fingerprint density at radius 1 is 1.30 bits per heavy atom. The highest BCUT2D eigenvalue weighted by Crippen LogP contribution is 2.26. The summed E-state index contributed by atoms with van der Waals surface area (Å²) in [7, 11) is 3.97. The Morgan fingerprint density at radius 2 is 2.04 bits per heavy atom. The molecule has 1 aromatic carbocycles. The van der Waals surface area contributed by atoms with Gasteiger partial charge in [-0.3, -0.25) is 0 Å². The maximum Gasteiger partial charge on any atom is 0.232 e. The second-order valence-electron chi connectivity index (χ2n) is 5.41. The monoisotopic (exact) mass is 314 g/mol. The maximum absolute atomic E-state index is 9.19. The lowest BCUT2D eigenvalue weighted by atomic mass is 10.2. The standard InChI is InChI=1S/C17H22N4O2/c1-4-11-22-14-7-5-13(6-8-14)16-20-15(12-18)17(23-16)19-9-10-21(2)3/h5-8,19H,4,9-11H2,1-3H3. The van der Waals surface area contributed by atoms with Crippen LogP contribution < -0.4 is 10.1 Å². The minimum absolute atomic E-state index is 0.269. The summed E-state index contributed by atoms with van der Waals surface area (Å²) in [5.74, 6) is 1.65. The van der Waals surface area contributed by atoms with Crippen molar-refractivity contribution >= 4 is 5.88 Å². The number of nitriles is 1. The van der Waals surface area contributed by atoms with Crippen LogP contribution in [0, 0.1) is 11.3 Å². The quantitative estimate of drug-likeness (QED) is 0.807. The fourth-order valence-corrected chi connectivity index (χ4v) is 1.95. The number of benzene rings is 1. The van der Waals surface area contributed by atoms with Crippen molar-refractivity contribution in [3.05, 3.63) is 30.0 Å². The van der Waals surface area contributed by atoms with Crippen LogP contribution in [-0.2, 0) is 0 Å². The zero-order valence-corrected chi connectivity index (χ0v) is 13.8. The molecule has 0 unspecified atom stereocenters. The van der Waals surface area contributed by atoms with Crippen LogP contribution in [-0.4, -0.2) is 43.7 Å². The molecule has 0 radical (unpaired) electrons. The lowest BCUT2D eigenvalue weighted by Crippen LogP contribution is -2.20. The van der Waals surface area contributed by atoms with Crippen LogP contribution in [0.2, 0.25) is 0 Å². The van der Waals surface area contributed by atoms with Crippen molar-refractivity contribution in [2.75, 3.05) is 39.1 Å². The number of oxazole rings is 1. The van der Waals surface area contributed by atoms with Crippen molar-refractivity contribution in [3.63, 3.8) is 0 Å².